The maximum atomic E-state index is 14.1. The topological polar surface area (TPSA) is 30.9 Å². The number of hydrogen-bond acceptors (Lipinski definition) is 2. The van der Waals surface area contributed by atoms with Gasteiger partial charge in [0.25, 0.3) is 0 Å². The molecule has 4 nitrogen and oxygen atoms in total. The zero-order valence-corrected chi connectivity index (χ0v) is 15.9. The van der Waals surface area contributed by atoms with Gasteiger partial charge in [0.15, 0.2) is 0 Å². The molecule has 0 radical (unpaired) electrons. The Kier molecular flexibility index (Phi) is 6.81. The third-order valence-electron chi connectivity index (χ3n) is 4.42. The van der Waals surface area contributed by atoms with E-state index in [9.17, 15) is 39.2 Å². The van der Waals surface area contributed by atoms with Crippen molar-refractivity contribution >= 4 is 7.25 Å². The van der Waals surface area contributed by atoms with Crippen LogP contribution in [-0.2, 0) is 17.8 Å². The standard InChI is InChI=1S/C18H13F5N3O.BF4/c19-13-14(20)16(22)18(17(23)15(13)21)26-9-25-11(7-27-8-12(25)24-26)6-10-4-2-1-3-5-10;2-1(3,4)5/h1-5,9,11H,6-8H2;/q+1;-1. The van der Waals surface area contributed by atoms with Gasteiger partial charge in [-0.15, -0.1) is 0 Å². The molecule has 0 amide bonds. The Morgan fingerprint density at radius 3 is 2.00 bits per heavy atom. The molecule has 172 valence electrons. The molecule has 14 heteroatoms. The number of nitrogens with zero attached hydrogens (tertiary/aromatic N) is 3. The van der Waals surface area contributed by atoms with E-state index in [2.05, 4.69) is 5.10 Å². The van der Waals surface area contributed by atoms with Crippen LogP contribution in [0.2, 0.25) is 0 Å². The van der Waals surface area contributed by atoms with Gasteiger partial charge in [-0.3, -0.25) is 0 Å². The number of fused-ring (bicyclic) bond motifs is 1. The Morgan fingerprint density at radius 1 is 0.906 bits per heavy atom. The van der Waals surface area contributed by atoms with Gasteiger partial charge in [-0.25, -0.2) is 17.7 Å². The minimum Gasteiger partial charge on any atom is -0.418 e. The summed E-state index contributed by atoms with van der Waals surface area (Å²) in [5.74, 6) is -9.78. The summed E-state index contributed by atoms with van der Waals surface area (Å²) in [6.07, 6.45) is 1.78. The van der Waals surface area contributed by atoms with Gasteiger partial charge in [-0.1, -0.05) is 35.0 Å². The van der Waals surface area contributed by atoms with Crippen LogP contribution in [-0.4, -0.2) is 23.6 Å². The summed E-state index contributed by atoms with van der Waals surface area (Å²) in [4.78, 5) is 0. The van der Waals surface area contributed by atoms with Crippen LogP contribution in [0.15, 0.2) is 36.7 Å². The molecule has 2 heterocycles. The summed E-state index contributed by atoms with van der Waals surface area (Å²) < 4.78 is 115. The van der Waals surface area contributed by atoms with E-state index in [4.69, 9.17) is 4.74 Å². The van der Waals surface area contributed by atoms with Crippen LogP contribution in [0.1, 0.15) is 17.4 Å². The van der Waals surface area contributed by atoms with Crippen LogP contribution in [0, 0.1) is 29.1 Å². The van der Waals surface area contributed by atoms with E-state index >= 15 is 0 Å². The minimum atomic E-state index is -6.00. The smallest absolute Gasteiger partial charge is 0.418 e. The molecule has 4 rings (SSSR count). The predicted molar refractivity (Wildman–Crippen MR) is 92.6 cm³/mol. The normalized spacial score (nSPS) is 15.7. The van der Waals surface area contributed by atoms with Gasteiger partial charge in [0.2, 0.25) is 41.1 Å². The Balaban J connectivity index is 0.000000523. The molecular weight excluding hydrogens is 456 g/mol. The lowest BCUT2D eigenvalue weighted by atomic mass is 10.1. The van der Waals surface area contributed by atoms with Crippen LogP contribution < -0.4 is 4.57 Å². The van der Waals surface area contributed by atoms with Crippen LogP contribution in [0.25, 0.3) is 5.69 Å². The molecule has 0 fully saturated rings. The molecule has 0 saturated carbocycles. The molecule has 32 heavy (non-hydrogen) atoms. The molecule has 0 aliphatic carbocycles. The summed E-state index contributed by atoms with van der Waals surface area (Å²) in [6, 6.07) is 9.24. The SMILES string of the molecule is F[B-](F)(F)F.Fc1c(F)c(F)c(-n2c[n+]3c(n2)COCC3Cc2ccccc2)c(F)c1F. The second-order valence-electron chi connectivity index (χ2n) is 6.66. The van der Waals surface area contributed by atoms with E-state index in [1.165, 1.54) is 6.33 Å². The second-order valence-corrected chi connectivity index (χ2v) is 6.66. The van der Waals surface area contributed by atoms with E-state index < -0.39 is 42.0 Å². The lowest BCUT2D eigenvalue weighted by Crippen LogP contribution is -2.48. The fourth-order valence-electron chi connectivity index (χ4n) is 3.11. The molecule has 1 unspecified atom stereocenters. The summed E-state index contributed by atoms with van der Waals surface area (Å²) in [6.45, 7) is 0.392. The summed E-state index contributed by atoms with van der Waals surface area (Å²) in [5, 5.41) is 3.97. The molecule has 2 aromatic carbocycles. The minimum absolute atomic E-state index is 0.0632. The van der Waals surface area contributed by atoms with Crippen molar-refractivity contribution in [3.8, 4) is 5.69 Å². The highest BCUT2D eigenvalue weighted by Gasteiger charge is 2.35. The zero-order chi connectivity index (χ0) is 23.6. The van der Waals surface area contributed by atoms with Crippen molar-refractivity contribution in [1.29, 1.82) is 0 Å². The molecule has 0 spiro atoms. The summed E-state index contributed by atoms with van der Waals surface area (Å²) in [5.41, 5.74) is -0.109. The van der Waals surface area contributed by atoms with Gasteiger partial charge in [-0.2, -0.15) is 8.78 Å². The highest BCUT2D eigenvalue weighted by atomic mass is 19.5. The lowest BCUT2D eigenvalue weighted by Gasteiger charge is -2.19. The summed E-state index contributed by atoms with van der Waals surface area (Å²) >= 11 is 0. The molecule has 1 aromatic heterocycles. The number of aromatic nitrogens is 3. The third kappa shape index (κ3) is 5.23. The molecule has 1 aliphatic heterocycles. The Hall–Kier alpha value is -3.03. The van der Waals surface area contributed by atoms with E-state index in [-0.39, 0.29) is 12.6 Å². The number of ether oxygens (including phenoxy) is 1. The van der Waals surface area contributed by atoms with Crippen molar-refractivity contribution in [1.82, 2.24) is 9.78 Å². The van der Waals surface area contributed by atoms with Crippen LogP contribution >= 0.6 is 0 Å². The molecular formula is C18H13BF9N3O. The molecule has 1 atom stereocenters. The average Bonchev–Trinajstić information content (AvgIpc) is 3.15. The average molecular weight is 469 g/mol. The largest absolute Gasteiger partial charge is 0.673 e. The van der Waals surface area contributed by atoms with Gasteiger partial charge in [-0.05, 0) is 5.56 Å². The van der Waals surface area contributed by atoms with Gasteiger partial charge < -0.3 is 22.0 Å². The fourth-order valence-corrected chi connectivity index (χ4v) is 3.11. The van der Waals surface area contributed by atoms with Gasteiger partial charge in [0, 0.05) is 11.5 Å². The van der Waals surface area contributed by atoms with E-state index in [1.54, 1.807) is 4.57 Å². The molecule has 1 aliphatic rings. The second kappa shape index (κ2) is 9.22. The first kappa shape index (κ1) is 23.6. The van der Waals surface area contributed by atoms with Gasteiger partial charge in [0.05, 0.1) is 6.61 Å². The van der Waals surface area contributed by atoms with Crippen molar-refractivity contribution in [3.63, 3.8) is 0 Å². The molecule has 0 bridgehead atoms. The van der Waals surface area contributed by atoms with Crippen molar-refractivity contribution in [2.75, 3.05) is 6.61 Å². The van der Waals surface area contributed by atoms with Crippen molar-refractivity contribution in [2.24, 2.45) is 0 Å². The predicted octanol–water partition coefficient (Wildman–Crippen LogP) is 4.47. The highest BCUT2D eigenvalue weighted by Crippen LogP contribution is 2.26. The van der Waals surface area contributed by atoms with Crippen molar-refractivity contribution < 1.29 is 48.5 Å². The molecule has 0 N–H and O–H groups in total. The van der Waals surface area contributed by atoms with Gasteiger partial charge >= 0.3 is 13.1 Å². The van der Waals surface area contributed by atoms with Crippen molar-refractivity contribution in [3.05, 3.63) is 77.1 Å². The van der Waals surface area contributed by atoms with Crippen LogP contribution in [0.4, 0.5) is 39.2 Å². The quantitative estimate of drug-likeness (QED) is 0.187. The first-order valence-corrected chi connectivity index (χ1v) is 8.97. The highest BCUT2D eigenvalue weighted by molar-refractivity contribution is 6.50. The van der Waals surface area contributed by atoms with Crippen molar-refractivity contribution in [2.45, 2.75) is 19.1 Å². The van der Waals surface area contributed by atoms with E-state index in [0.29, 0.717) is 23.5 Å². The third-order valence-corrected chi connectivity index (χ3v) is 4.42. The van der Waals surface area contributed by atoms with E-state index in [0.717, 1.165) is 5.56 Å². The lowest BCUT2D eigenvalue weighted by molar-refractivity contribution is -0.742. The fraction of sp³-hybridized carbons (Fsp3) is 0.222. The van der Waals surface area contributed by atoms with Crippen LogP contribution in [0.5, 0.6) is 0 Å². The number of halogens is 9. The van der Waals surface area contributed by atoms with Gasteiger partial charge in [0.1, 0.15) is 12.6 Å². The molecule has 0 saturated heterocycles. The number of benzene rings is 2. The Bertz CT molecular complexity index is 1070. The Morgan fingerprint density at radius 2 is 1.44 bits per heavy atom. The van der Waals surface area contributed by atoms with E-state index in [1.807, 2.05) is 30.3 Å². The summed E-state index contributed by atoms with van der Waals surface area (Å²) in [7, 11) is -6.00. The maximum Gasteiger partial charge on any atom is 0.673 e. The Labute approximate surface area is 175 Å². The first-order chi connectivity index (χ1) is 15.0. The monoisotopic (exact) mass is 469 g/mol. The van der Waals surface area contributed by atoms with Crippen LogP contribution in [0.3, 0.4) is 0 Å². The maximum absolute atomic E-state index is 14.1. The number of hydrogen-bond donors (Lipinski definition) is 0. The number of rotatable bonds is 3. The first-order valence-electron chi connectivity index (χ1n) is 8.97. The molecule has 3 aromatic rings. The zero-order valence-electron chi connectivity index (χ0n) is 15.9.